The van der Waals surface area contributed by atoms with Gasteiger partial charge < -0.3 is 28.2 Å². The van der Waals surface area contributed by atoms with E-state index in [-0.39, 0.29) is 14.0 Å². The Morgan fingerprint density at radius 2 is 0.877 bits per heavy atom. The number of hydrogen-bond donors (Lipinski definition) is 0. The second-order valence-electron chi connectivity index (χ2n) is 15.2. The second-order valence-corrected chi connectivity index (χ2v) is 15.2. The third kappa shape index (κ3) is 5.14. The fraction of sp³-hybridized carbons (Fsp3) is 0.0612. The number of aryl methyl sites for hydroxylation is 3. The van der Waals surface area contributed by atoms with Crippen molar-refractivity contribution in [1.29, 1.82) is 0 Å². The molecule has 8 heteroatoms. The molecule has 9 aromatic rings. The van der Waals surface area contributed by atoms with E-state index in [0.717, 1.165) is 50.8 Å². The highest BCUT2D eigenvalue weighted by Gasteiger charge is 2.49. The lowest BCUT2D eigenvalue weighted by molar-refractivity contribution is 0.628. The summed E-state index contributed by atoms with van der Waals surface area (Å²) in [5.74, 6) is 2.02. The van der Waals surface area contributed by atoms with Crippen molar-refractivity contribution >= 4 is 92.6 Å². The molecule has 0 atom stereocenters. The van der Waals surface area contributed by atoms with E-state index in [9.17, 15) is 0 Å². The number of nitrogens with zero attached hydrogens (tertiary/aromatic N) is 5. The number of anilines is 8. The molecule has 2 aliphatic heterocycles. The minimum absolute atomic E-state index is 0.147. The van der Waals surface area contributed by atoms with Crippen LogP contribution in [0.15, 0.2) is 186 Å². The van der Waals surface area contributed by atoms with E-state index in [4.69, 9.17) is 4.42 Å². The van der Waals surface area contributed by atoms with Gasteiger partial charge in [-0.1, -0.05) is 121 Å². The first-order valence-electron chi connectivity index (χ1n) is 19.6. The van der Waals surface area contributed by atoms with Crippen LogP contribution in [0.3, 0.4) is 0 Å². The normalized spacial score (nSPS) is 13.7. The van der Waals surface area contributed by atoms with Crippen LogP contribution in [-0.4, -0.2) is 18.5 Å². The van der Waals surface area contributed by atoms with Gasteiger partial charge in [-0.2, -0.15) is 0 Å². The fourth-order valence-electron chi connectivity index (χ4n) is 9.16. The number of aromatic nitrogens is 1. The van der Waals surface area contributed by atoms with Gasteiger partial charge in [-0.15, -0.1) is 0 Å². The van der Waals surface area contributed by atoms with E-state index >= 15 is 0 Å². The van der Waals surface area contributed by atoms with Gasteiger partial charge in [0.1, 0.15) is 17.1 Å². The Labute approximate surface area is 333 Å². The average Bonchev–Trinajstić information content (AvgIpc) is 3.98. The molecule has 272 valence electrons. The summed E-state index contributed by atoms with van der Waals surface area (Å²) in [6.07, 6.45) is 0. The van der Waals surface area contributed by atoms with Gasteiger partial charge in [0.25, 0.3) is 0 Å². The quantitative estimate of drug-likeness (QED) is 0.159. The zero-order valence-corrected chi connectivity index (χ0v) is 32.1. The zero-order chi connectivity index (χ0) is 38.2. The number of fused-ring (bicyclic) bond motifs is 6. The molecule has 0 N–H and O–H groups in total. The van der Waals surface area contributed by atoms with E-state index in [0.29, 0.717) is 0 Å². The molecule has 57 heavy (non-hydrogen) atoms. The molecule has 11 rings (SSSR count). The second kappa shape index (κ2) is 13.0. The van der Waals surface area contributed by atoms with Crippen molar-refractivity contribution in [3.05, 3.63) is 193 Å². The largest absolute Gasteiger partial charge is 0.439 e. The van der Waals surface area contributed by atoms with Crippen molar-refractivity contribution in [2.24, 2.45) is 7.05 Å². The van der Waals surface area contributed by atoms with Crippen LogP contribution in [0.4, 0.5) is 45.8 Å². The van der Waals surface area contributed by atoms with Crippen LogP contribution < -0.4 is 30.2 Å². The highest BCUT2D eigenvalue weighted by atomic mass is 16.4. The van der Waals surface area contributed by atoms with Crippen LogP contribution in [0.2, 0.25) is 0 Å². The third-order valence-electron chi connectivity index (χ3n) is 11.7. The minimum Gasteiger partial charge on any atom is -0.439 e. The Balaban J connectivity index is 1.11. The van der Waals surface area contributed by atoms with Crippen LogP contribution in [0.5, 0.6) is 0 Å². The Bertz CT molecular complexity index is 2920. The predicted molar refractivity (Wildman–Crippen MR) is 240 cm³/mol. The van der Waals surface area contributed by atoms with Gasteiger partial charge in [0.15, 0.2) is 0 Å². The van der Waals surface area contributed by atoms with Crippen LogP contribution in [0, 0.1) is 13.8 Å². The number of para-hydroxylation sites is 4. The van der Waals surface area contributed by atoms with Gasteiger partial charge in [0.2, 0.25) is 5.88 Å². The summed E-state index contributed by atoms with van der Waals surface area (Å²) in [6.45, 7) is 3.97. The molecular formula is C49H39B2N5O. The summed E-state index contributed by atoms with van der Waals surface area (Å²) in [7, 11) is 2.20. The lowest BCUT2D eigenvalue weighted by Crippen LogP contribution is -2.56. The van der Waals surface area contributed by atoms with Gasteiger partial charge in [0, 0.05) is 40.6 Å². The molecule has 0 aliphatic carbocycles. The molecule has 0 radical (unpaired) electrons. The van der Waals surface area contributed by atoms with E-state index < -0.39 is 0 Å². The Morgan fingerprint density at radius 1 is 0.421 bits per heavy atom. The molecular weight excluding hydrogens is 696 g/mol. The molecule has 7 aromatic carbocycles. The van der Waals surface area contributed by atoms with Gasteiger partial charge in [-0.3, -0.25) is 0 Å². The smallest absolute Gasteiger partial charge is 0.423 e. The van der Waals surface area contributed by atoms with Crippen LogP contribution in [-0.2, 0) is 7.05 Å². The molecule has 0 fully saturated rings. The lowest BCUT2D eigenvalue weighted by atomic mass is 9.60. The molecule has 0 bridgehead atoms. The van der Waals surface area contributed by atoms with Gasteiger partial charge >= 0.3 is 14.0 Å². The van der Waals surface area contributed by atoms with Crippen molar-refractivity contribution in [2.45, 2.75) is 13.8 Å². The summed E-state index contributed by atoms with van der Waals surface area (Å²) in [5, 5.41) is 2.35. The molecule has 6 nitrogen and oxygen atoms in total. The SMILES string of the molecule is Cc1ccc2oc3c(c2c1)N(c1ccccc1)B(c1ccc(B2N(c4ccccc4)c4c(n(C)c5cc(C)ccc45)N2c2ccccc2)cc1)N3c1ccccc1. The molecule has 0 saturated carbocycles. The third-order valence-corrected chi connectivity index (χ3v) is 11.7. The Morgan fingerprint density at radius 3 is 1.44 bits per heavy atom. The maximum atomic E-state index is 6.82. The van der Waals surface area contributed by atoms with E-state index in [1.54, 1.807) is 0 Å². The van der Waals surface area contributed by atoms with E-state index in [1.807, 2.05) is 0 Å². The van der Waals surface area contributed by atoms with Gasteiger partial charge in [-0.25, -0.2) is 0 Å². The molecule has 4 heterocycles. The first-order valence-corrected chi connectivity index (χ1v) is 19.6. The fourth-order valence-corrected chi connectivity index (χ4v) is 9.16. The highest BCUT2D eigenvalue weighted by molar-refractivity contribution is 6.86. The first kappa shape index (κ1) is 33.3. The van der Waals surface area contributed by atoms with Crippen LogP contribution >= 0.6 is 0 Å². The lowest BCUT2D eigenvalue weighted by Gasteiger charge is -2.32. The standard InChI is InChI=1S/C49H39B2N5O/c1-34-25-31-45-43(32-34)47-49(57-45)56(41-22-14-7-15-23-41)51(54(47)39-18-10-5-11-19-39)37-28-26-36(27-29-37)50-53(38-16-8-4-9-17-38)46-42-30-24-35(2)33-44(42)52(3)48(46)55(50)40-20-12-6-13-21-40/h4-33H,1-3H3. The Kier molecular flexibility index (Phi) is 7.61. The highest BCUT2D eigenvalue weighted by Crippen LogP contribution is 2.53. The summed E-state index contributed by atoms with van der Waals surface area (Å²) >= 11 is 0. The van der Waals surface area contributed by atoms with Crippen molar-refractivity contribution in [3.63, 3.8) is 0 Å². The molecule has 0 saturated heterocycles. The maximum Gasteiger partial charge on any atom is 0.423 e. The van der Waals surface area contributed by atoms with Gasteiger partial charge in [0.05, 0.1) is 11.2 Å². The monoisotopic (exact) mass is 735 g/mol. The average molecular weight is 736 g/mol. The van der Waals surface area contributed by atoms with Crippen molar-refractivity contribution in [2.75, 3.05) is 19.2 Å². The van der Waals surface area contributed by atoms with E-state index in [2.05, 4.69) is 227 Å². The molecule has 2 aliphatic rings. The van der Waals surface area contributed by atoms with E-state index in [1.165, 1.54) is 39.0 Å². The molecule has 2 aromatic heterocycles. The molecule has 0 spiro atoms. The first-order chi connectivity index (χ1) is 28.0. The van der Waals surface area contributed by atoms with Crippen molar-refractivity contribution in [1.82, 2.24) is 4.57 Å². The topological polar surface area (TPSA) is 31.0 Å². The van der Waals surface area contributed by atoms with Crippen molar-refractivity contribution in [3.8, 4) is 0 Å². The summed E-state index contributed by atoms with van der Waals surface area (Å²) < 4.78 is 9.19. The summed E-state index contributed by atoms with van der Waals surface area (Å²) in [4.78, 5) is 9.85. The molecule has 0 unspecified atom stereocenters. The van der Waals surface area contributed by atoms with Crippen LogP contribution in [0.1, 0.15) is 11.1 Å². The number of rotatable bonds is 6. The van der Waals surface area contributed by atoms with Crippen LogP contribution in [0.25, 0.3) is 21.9 Å². The zero-order valence-electron chi connectivity index (χ0n) is 32.1. The van der Waals surface area contributed by atoms with Crippen molar-refractivity contribution < 1.29 is 4.42 Å². The summed E-state index contributed by atoms with van der Waals surface area (Å²) in [5.41, 5.74) is 13.7. The minimum atomic E-state index is -0.203. The number of furan rings is 1. The Hall–Kier alpha value is -7.05. The van der Waals surface area contributed by atoms with Gasteiger partial charge in [-0.05, 0) is 97.1 Å². The maximum absolute atomic E-state index is 6.82. The number of benzene rings is 7. The summed E-state index contributed by atoms with van der Waals surface area (Å²) in [6, 6.07) is 65.6. The number of hydrogen-bond acceptors (Lipinski definition) is 5. The predicted octanol–water partition coefficient (Wildman–Crippen LogP) is 10.9. The molecule has 0 amide bonds.